The molecule has 1 aromatic rings. The van der Waals surface area contributed by atoms with Crippen LogP contribution in [0.3, 0.4) is 0 Å². The van der Waals surface area contributed by atoms with E-state index in [0.29, 0.717) is 12.4 Å². The second-order valence-electron chi connectivity index (χ2n) is 3.17. The number of aryl methyl sites for hydroxylation is 3. The molecule has 0 N–H and O–H groups in total. The molecule has 1 aromatic heterocycles. The van der Waals surface area contributed by atoms with Crippen molar-refractivity contribution in [3.63, 3.8) is 0 Å². The molecular weight excluding hydrogens is 176 g/mol. The van der Waals surface area contributed by atoms with E-state index in [1.807, 2.05) is 27.7 Å². The Bertz CT molecular complexity index is 335. The van der Waals surface area contributed by atoms with Gasteiger partial charge in [0.25, 0.3) is 0 Å². The largest absolute Gasteiger partial charge is 0.494 e. The Labute approximate surface area is 84.8 Å². The summed E-state index contributed by atoms with van der Waals surface area (Å²) in [5.41, 5.74) is 2.78. The average molecular weight is 192 g/mol. The van der Waals surface area contributed by atoms with Crippen molar-refractivity contribution in [2.24, 2.45) is 0 Å². The van der Waals surface area contributed by atoms with Gasteiger partial charge in [0.1, 0.15) is 11.6 Å². The zero-order chi connectivity index (χ0) is 10.7. The Morgan fingerprint density at radius 2 is 1.71 bits per heavy atom. The molecule has 1 rings (SSSR count). The van der Waals surface area contributed by atoms with E-state index in [1.54, 1.807) is 0 Å². The van der Waals surface area contributed by atoms with Crippen LogP contribution in [-0.4, -0.2) is 16.6 Å². The average Bonchev–Trinajstić information content (AvgIpc) is 2.01. The van der Waals surface area contributed by atoms with E-state index in [-0.39, 0.29) is 0 Å². The highest BCUT2D eigenvalue weighted by Gasteiger charge is 2.10. The molecule has 0 aromatic carbocycles. The fourth-order valence-electron chi connectivity index (χ4n) is 1.53. The van der Waals surface area contributed by atoms with Gasteiger partial charge >= 0.3 is 0 Å². The molecular formula is C11H16N2O. The molecule has 0 saturated carbocycles. The molecule has 14 heavy (non-hydrogen) atoms. The summed E-state index contributed by atoms with van der Waals surface area (Å²) in [7, 11) is 0. The van der Waals surface area contributed by atoms with Crippen molar-refractivity contribution >= 4 is 5.76 Å². The van der Waals surface area contributed by atoms with Crippen LogP contribution in [0.4, 0.5) is 0 Å². The highest BCUT2D eigenvalue weighted by atomic mass is 16.5. The van der Waals surface area contributed by atoms with Crippen LogP contribution in [0.5, 0.6) is 0 Å². The van der Waals surface area contributed by atoms with Crippen LogP contribution < -0.4 is 0 Å². The number of nitrogens with zero attached hydrogens (tertiary/aromatic N) is 2. The van der Waals surface area contributed by atoms with E-state index in [1.165, 1.54) is 0 Å². The van der Waals surface area contributed by atoms with Crippen LogP contribution in [0.1, 0.15) is 29.7 Å². The number of hydrogen-bond acceptors (Lipinski definition) is 3. The van der Waals surface area contributed by atoms with E-state index in [4.69, 9.17) is 4.74 Å². The number of hydrogen-bond donors (Lipinski definition) is 0. The minimum atomic E-state index is 0.617. The molecule has 0 saturated heterocycles. The van der Waals surface area contributed by atoms with Gasteiger partial charge in [0.05, 0.1) is 23.6 Å². The standard InChI is InChI=1S/C11H16N2O/c1-6-14-9(4)11-7(2)12-10(5)13-8(11)3/h4,6H2,1-3,5H3. The van der Waals surface area contributed by atoms with Crippen molar-refractivity contribution in [2.45, 2.75) is 27.7 Å². The van der Waals surface area contributed by atoms with E-state index in [9.17, 15) is 0 Å². The van der Waals surface area contributed by atoms with Gasteiger partial charge in [-0.25, -0.2) is 9.97 Å². The summed E-state index contributed by atoms with van der Waals surface area (Å²) >= 11 is 0. The second kappa shape index (κ2) is 4.22. The maximum absolute atomic E-state index is 5.35. The molecule has 1 heterocycles. The van der Waals surface area contributed by atoms with Gasteiger partial charge in [0.2, 0.25) is 0 Å². The van der Waals surface area contributed by atoms with Crippen molar-refractivity contribution in [1.82, 2.24) is 9.97 Å². The maximum Gasteiger partial charge on any atom is 0.125 e. The second-order valence-corrected chi connectivity index (χ2v) is 3.17. The fourth-order valence-corrected chi connectivity index (χ4v) is 1.53. The molecule has 3 nitrogen and oxygen atoms in total. The normalized spacial score (nSPS) is 10.0. The predicted molar refractivity (Wildman–Crippen MR) is 56.9 cm³/mol. The van der Waals surface area contributed by atoms with Crippen LogP contribution in [0.15, 0.2) is 6.58 Å². The van der Waals surface area contributed by atoms with Gasteiger partial charge < -0.3 is 4.74 Å². The first-order chi connectivity index (χ1) is 6.56. The first-order valence-corrected chi connectivity index (χ1v) is 4.70. The van der Waals surface area contributed by atoms with Gasteiger partial charge in [0, 0.05) is 0 Å². The van der Waals surface area contributed by atoms with Gasteiger partial charge in [-0.1, -0.05) is 6.58 Å². The lowest BCUT2D eigenvalue weighted by Gasteiger charge is -2.12. The predicted octanol–water partition coefficient (Wildman–Crippen LogP) is 2.41. The Kier molecular flexibility index (Phi) is 3.23. The van der Waals surface area contributed by atoms with E-state index < -0.39 is 0 Å². The molecule has 0 spiro atoms. The molecule has 76 valence electrons. The van der Waals surface area contributed by atoms with E-state index in [2.05, 4.69) is 16.5 Å². The lowest BCUT2D eigenvalue weighted by molar-refractivity contribution is 0.298. The van der Waals surface area contributed by atoms with E-state index in [0.717, 1.165) is 22.8 Å². The van der Waals surface area contributed by atoms with Crippen LogP contribution in [-0.2, 0) is 4.74 Å². The number of ether oxygens (including phenoxy) is 1. The first-order valence-electron chi connectivity index (χ1n) is 4.70. The van der Waals surface area contributed by atoms with Gasteiger partial charge in [-0.05, 0) is 27.7 Å². The minimum Gasteiger partial charge on any atom is -0.494 e. The molecule has 3 heteroatoms. The van der Waals surface area contributed by atoms with Crippen LogP contribution in [0.2, 0.25) is 0 Å². The molecule has 0 aliphatic carbocycles. The van der Waals surface area contributed by atoms with Crippen molar-refractivity contribution in [2.75, 3.05) is 6.61 Å². The summed E-state index contributed by atoms with van der Waals surface area (Å²) < 4.78 is 5.35. The highest BCUT2D eigenvalue weighted by molar-refractivity contribution is 5.61. The lowest BCUT2D eigenvalue weighted by Crippen LogP contribution is -2.03. The molecule has 0 aliphatic heterocycles. The Morgan fingerprint density at radius 3 is 2.14 bits per heavy atom. The van der Waals surface area contributed by atoms with Crippen molar-refractivity contribution in [3.05, 3.63) is 29.4 Å². The number of aromatic nitrogens is 2. The van der Waals surface area contributed by atoms with Crippen LogP contribution >= 0.6 is 0 Å². The molecule has 0 radical (unpaired) electrons. The zero-order valence-corrected chi connectivity index (χ0v) is 9.22. The van der Waals surface area contributed by atoms with Crippen molar-refractivity contribution in [3.8, 4) is 0 Å². The topological polar surface area (TPSA) is 35.0 Å². The third kappa shape index (κ3) is 2.10. The Hall–Kier alpha value is -1.38. The van der Waals surface area contributed by atoms with E-state index >= 15 is 0 Å². The summed E-state index contributed by atoms with van der Waals surface area (Å²) in [6, 6.07) is 0. The fraction of sp³-hybridized carbons (Fsp3) is 0.455. The molecule has 0 aliphatic rings. The van der Waals surface area contributed by atoms with Crippen molar-refractivity contribution in [1.29, 1.82) is 0 Å². The summed E-state index contributed by atoms with van der Waals surface area (Å²) in [5, 5.41) is 0. The minimum absolute atomic E-state index is 0.617. The quantitative estimate of drug-likeness (QED) is 0.690. The summed E-state index contributed by atoms with van der Waals surface area (Å²) in [5.74, 6) is 1.44. The Morgan fingerprint density at radius 1 is 1.21 bits per heavy atom. The first kappa shape index (κ1) is 10.7. The third-order valence-electron chi connectivity index (χ3n) is 1.98. The third-order valence-corrected chi connectivity index (χ3v) is 1.98. The summed E-state index contributed by atoms with van der Waals surface area (Å²) in [6.07, 6.45) is 0. The molecule has 0 unspecified atom stereocenters. The van der Waals surface area contributed by atoms with Crippen LogP contribution in [0.25, 0.3) is 5.76 Å². The molecule has 0 bridgehead atoms. The summed E-state index contributed by atoms with van der Waals surface area (Å²) in [6.45, 7) is 12.2. The molecule has 0 atom stereocenters. The van der Waals surface area contributed by atoms with Gasteiger partial charge in [-0.15, -0.1) is 0 Å². The lowest BCUT2D eigenvalue weighted by atomic mass is 10.1. The Balaban J connectivity index is 3.14. The smallest absolute Gasteiger partial charge is 0.125 e. The molecule has 0 amide bonds. The summed E-state index contributed by atoms with van der Waals surface area (Å²) in [4.78, 5) is 8.57. The maximum atomic E-state index is 5.35. The van der Waals surface area contributed by atoms with Gasteiger partial charge in [-0.3, -0.25) is 0 Å². The van der Waals surface area contributed by atoms with Gasteiger partial charge in [-0.2, -0.15) is 0 Å². The SMILES string of the molecule is C=C(OCC)c1c(C)nc(C)nc1C. The van der Waals surface area contributed by atoms with Gasteiger partial charge in [0.15, 0.2) is 0 Å². The highest BCUT2D eigenvalue weighted by Crippen LogP contribution is 2.19. The monoisotopic (exact) mass is 192 g/mol. The molecule has 0 fully saturated rings. The number of rotatable bonds is 3. The zero-order valence-electron chi connectivity index (χ0n) is 9.22. The van der Waals surface area contributed by atoms with Crippen LogP contribution in [0, 0.1) is 20.8 Å². The van der Waals surface area contributed by atoms with Crippen molar-refractivity contribution < 1.29 is 4.74 Å².